The summed E-state index contributed by atoms with van der Waals surface area (Å²) in [5, 5.41) is 0. The topological polar surface area (TPSA) is 108 Å². The highest BCUT2D eigenvalue weighted by Crippen LogP contribution is 2.24. The Morgan fingerprint density at radius 3 is 2.55 bits per heavy atom. The number of hydrogen-bond donors (Lipinski definition) is 1. The maximum atomic E-state index is 13.3. The Hall–Kier alpha value is -3.01. The van der Waals surface area contributed by atoms with Gasteiger partial charge in [-0.2, -0.15) is 0 Å². The molecule has 1 amide bonds. The van der Waals surface area contributed by atoms with Gasteiger partial charge in [-0.3, -0.25) is 14.5 Å². The third kappa shape index (κ3) is 4.53. The van der Waals surface area contributed by atoms with E-state index in [0.717, 1.165) is 12.8 Å². The number of hydrogen-bond acceptors (Lipinski definition) is 7. The van der Waals surface area contributed by atoms with Crippen molar-refractivity contribution in [3.8, 4) is 0 Å². The molecule has 1 fully saturated rings. The van der Waals surface area contributed by atoms with E-state index >= 15 is 0 Å². The Morgan fingerprint density at radius 2 is 1.84 bits per heavy atom. The summed E-state index contributed by atoms with van der Waals surface area (Å²) in [6.45, 7) is 4.44. The van der Waals surface area contributed by atoms with Gasteiger partial charge in [0.25, 0.3) is 10.0 Å². The number of aromatic nitrogens is 2. The second kappa shape index (κ2) is 9.01. The van der Waals surface area contributed by atoms with Crippen molar-refractivity contribution in [2.24, 2.45) is 4.99 Å². The zero-order chi connectivity index (χ0) is 21.8. The highest BCUT2D eigenvalue weighted by atomic mass is 32.2. The number of amides is 1. The minimum atomic E-state index is -3.64. The molecule has 1 N–H and O–H groups in total. The van der Waals surface area contributed by atoms with Gasteiger partial charge >= 0.3 is 0 Å². The molecule has 4 rings (SSSR count). The molecule has 0 spiro atoms. The fourth-order valence-corrected chi connectivity index (χ4v) is 5.06. The number of aliphatic imine (C=N–C) groups is 1. The fraction of sp³-hybridized carbons (Fsp3) is 0.429. The molecule has 2 aliphatic heterocycles. The van der Waals surface area contributed by atoms with E-state index in [4.69, 9.17) is 0 Å². The molecule has 3 heterocycles. The monoisotopic (exact) mass is 442 g/mol. The number of piperazine rings is 1. The lowest BCUT2D eigenvalue weighted by Crippen LogP contribution is -2.51. The number of carbonyl (C=O) groups is 1. The number of benzene rings is 1. The molecule has 0 bridgehead atoms. The largest absolute Gasteiger partial charge is 0.337 e. The van der Waals surface area contributed by atoms with E-state index in [1.807, 2.05) is 0 Å². The van der Waals surface area contributed by atoms with E-state index < -0.39 is 16.1 Å². The van der Waals surface area contributed by atoms with Crippen LogP contribution in [0.1, 0.15) is 31.7 Å². The summed E-state index contributed by atoms with van der Waals surface area (Å²) in [7, 11) is -3.64. The predicted molar refractivity (Wildman–Crippen MR) is 117 cm³/mol. The van der Waals surface area contributed by atoms with Crippen LogP contribution in [0.5, 0.6) is 0 Å². The van der Waals surface area contributed by atoms with Gasteiger partial charge in [-0.1, -0.05) is 31.9 Å². The van der Waals surface area contributed by atoms with Crippen molar-refractivity contribution in [1.29, 1.82) is 0 Å². The van der Waals surface area contributed by atoms with Crippen LogP contribution in [0.3, 0.4) is 0 Å². The number of amidine groups is 1. The summed E-state index contributed by atoms with van der Waals surface area (Å²) in [6.07, 6.45) is 5.74. The molecule has 0 aliphatic carbocycles. The van der Waals surface area contributed by atoms with Crippen molar-refractivity contribution in [2.75, 3.05) is 31.1 Å². The maximum Gasteiger partial charge on any atom is 0.263 e. The number of nitrogens with one attached hydrogen (secondary N) is 1. The van der Waals surface area contributed by atoms with E-state index in [9.17, 15) is 13.2 Å². The van der Waals surface area contributed by atoms with Crippen LogP contribution < -0.4 is 9.62 Å². The van der Waals surface area contributed by atoms with Crippen LogP contribution in [-0.2, 0) is 14.8 Å². The molecule has 31 heavy (non-hydrogen) atoms. The molecule has 1 atom stereocenters. The zero-order valence-corrected chi connectivity index (χ0v) is 18.3. The molecule has 2 aliphatic rings. The van der Waals surface area contributed by atoms with Gasteiger partial charge in [0.1, 0.15) is 11.9 Å². The molecule has 1 saturated heterocycles. The van der Waals surface area contributed by atoms with E-state index in [0.29, 0.717) is 44.1 Å². The Balaban J connectivity index is 1.51. The van der Waals surface area contributed by atoms with Gasteiger partial charge in [0, 0.05) is 44.1 Å². The predicted octanol–water partition coefficient (Wildman–Crippen LogP) is 1.42. The number of rotatable bonds is 6. The van der Waals surface area contributed by atoms with Crippen LogP contribution in [0, 0.1) is 0 Å². The van der Waals surface area contributed by atoms with E-state index in [1.54, 1.807) is 47.6 Å². The van der Waals surface area contributed by atoms with Gasteiger partial charge in [0.15, 0.2) is 0 Å². The van der Waals surface area contributed by atoms with Crippen LogP contribution >= 0.6 is 0 Å². The van der Waals surface area contributed by atoms with Crippen molar-refractivity contribution in [3.05, 3.63) is 48.3 Å². The lowest BCUT2D eigenvalue weighted by molar-refractivity contribution is -0.133. The van der Waals surface area contributed by atoms with Crippen molar-refractivity contribution >= 4 is 27.7 Å². The van der Waals surface area contributed by atoms with E-state index in [1.165, 1.54) is 0 Å². The number of fused-ring (bicyclic) bond motifs is 1. The molecular formula is C21H26N6O3S. The average molecular weight is 443 g/mol. The van der Waals surface area contributed by atoms with Gasteiger partial charge in [0.05, 0.1) is 4.90 Å². The average Bonchev–Trinajstić information content (AvgIpc) is 3.07. The zero-order valence-electron chi connectivity index (χ0n) is 17.4. The van der Waals surface area contributed by atoms with Crippen molar-refractivity contribution in [3.63, 3.8) is 0 Å². The van der Waals surface area contributed by atoms with Crippen molar-refractivity contribution < 1.29 is 13.2 Å². The molecular weight excluding hydrogens is 416 g/mol. The molecule has 1 aromatic heterocycles. The lowest BCUT2D eigenvalue weighted by Gasteiger charge is -2.35. The second-order valence-corrected chi connectivity index (χ2v) is 9.25. The minimum Gasteiger partial charge on any atom is -0.337 e. The lowest BCUT2D eigenvalue weighted by atomic mass is 10.1. The first kappa shape index (κ1) is 21.2. The van der Waals surface area contributed by atoms with Crippen LogP contribution in [0.4, 0.5) is 5.95 Å². The standard InChI is InChI=1S/C21H26N6O3S/c1-2-3-8-17(24-19-16-7-4-5-9-18(16)31(29,30)25-19)20(28)26-12-14-27(15-13-26)21-22-10-6-11-23-21/h4-7,9-11,17H,2-3,8,12-15H2,1H3,(H,24,25)/t17-/m1/s1. The van der Waals surface area contributed by atoms with E-state index in [2.05, 4.69) is 31.5 Å². The number of unbranched alkanes of at least 4 members (excludes halogenated alkanes) is 1. The van der Waals surface area contributed by atoms with Gasteiger partial charge in [0.2, 0.25) is 11.9 Å². The third-order valence-electron chi connectivity index (χ3n) is 5.49. The van der Waals surface area contributed by atoms with Gasteiger partial charge in [-0.05, 0) is 24.6 Å². The molecule has 10 heteroatoms. The molecule has 1 aromatic carbocycles. The van der Waals surface area contributed by atoms with Crippen LogP contribution in [0.2, 0.25) is 0 Å². The molecule has 0 radical (unpaired) electrons. The summed E-state index contributed by atoms with van der Waals surface area (Å²) in [5.74, 6) is 0.842. The summed E-state index contributed by atoms with van der Waals surface area (Å²) in [5.41, 5.74) is 0.517. The molecule has 2 aromatic rings. The molecule has 9 nitrogen and oxygen atoms in total. The van der Waals surface area contributed by atoms with Gasteiger partial charge in [-0.15, -0.1) is 0 Å². The van der Waals surface area contributed by atoms with Crippen molar-refractivity contribution in [1.82, 2.24) is 19.6 Å². The van der Waals surface area contributed by atoms with Gasteiger partial charge in [-0.25, -0.2) is 18.4 Å². The second-order valence-electron chi connectivity index (χ2n) is 7.60. The maximum absolute atomic E-state index is 13.3. The number of anilines is 1. The van der Waals surface area contributed by atoms with E-state index in [-0.39, 0.29) is 16.6 Å². The minimum absolute atomic E-state index is 0.0711. The first-order valence-corrected chi connectivity index (χ1v) is 12.0. The smallest absolute Gasteiger partial charge is 0.263 e. The number of carbonyl (C=O) groups excluding carboxylic acids is 1. The highest BCUT2D eigenvalue weighted by Gasteiger charge is 2.33. The Bertz CT molecular complexity index is 1070. The number of nitrogens with zero attached hydrogens (tertiary/aromatic N) is 5. The van der Waals surface area contributed by atoms with Crippen LogP contribution in [0.25, 0.3) is 0 Å². The quantitative estimate of drug-likeness (QED) is 0.725. The molecule has 0 saturated carbocycles. The summed E-state index contributed by atoms with van der Waals surface area (Å²) >= 11 is 0. The normalized spacial score (nSPS) is 19.7. The SMILES string of the molecule is CCCC[C@@H](N=C1NS(=O)(=O)c2ccccc21)C(=O)N1CCN(c2ncccn2)CC1. The fourth-order valence-electron chi connectivity index (χ4n) is 3.82. The van der Waals surface area contributed by atoms with Crippen LogP contribution in [-0.4, -0.2) is 67.2 Å². The summed E-state index contributed by atoms with van der Waals surface area (Å²) in [4.78, 5) is 30.5. The molecule has 0 unspecified atom stereocenters. The first-order valence-electron chi connectivity index (χ1n) is 10.5. The Kier molecular flexibility index (Phi) is 6.17. The first-order chi connectivity index (χ1) is 15.0. The third-order valence-corrected chi connectivity index (χ3v) is 6.89. The summed E-state index contributed by atoms with van der Waals surface area (Å²) in [6, 6.07) is 7.86. The Labute approximate surface area is 182 Å². The summed E-state index contributed by atoms with van der Waals surface area (Å²) < 4.78 is 27.3. The van der Waals surface area contributed by atoms with Crippen LogP contribution in [0.15, 0.2) is 52.6 Å². The van der Waals surface area contributed by atoms with Gasteiger partial charge < -0.3 is 9.80 Å². The molecule has 164 valence electrons. The Morgan fingerprint density at radius 1 is 1.13 bits per heavy atom. The highest BCUT2D eigenvalue weighted by molar-refractivity contribution is 7.90. The van der Waals surface area contributed by atoms with Crippen molar-refractivity contribution in [2.45, 2.75) is 37.1 Å². The number of sulfonamides is 1.